The molecular formula is C15H11ClIrN. The molecule has 0 aliphatic carbocycles. The van der Waals surface area contributed by atoms with Crippen LogP contribution in [0.3, 0.4) is 0 Å². The zero-order valence-corrected chi connectivity index (χ0v) is 12.7. The molecule has 3 heteroatoms. The first-order chi connectivity index (χ1) is 8.95. The van der Waals surface area contributed by atoms with Gasteiger partial charge in [-0.25, -0.2) is 0 Å². The number of benzene rings is 2. The van der Waals surface area contributed by atoms with Crippen LogP contribution in [0.2, 0.25) is 0 Å². The van der Waals surface area contributed by atoms with E-state index in [0.29, 0.717) is 0 Å². The van der Waals surface area contributed by atoms with E-state index in [1.54, 1.807) is 0 Å². The molecule has 0 spiro atoms. The molecule has 1 nitrogen and oxygen atoms in total. The van der Waals surface area contributed by atoms with Gasteiger partial charge in [-0.3, -0.25) is 4.98 Å². The van der Waals surface area contributed by atoms with Crippen LogP contribution in [0.25, 0.3) is 22.0 Å². The van der Waals surface area contributed by atoms with E-state index < -0.39 is 0 Å². The Morgan fingerprint density at radius 2 is 1.44 bits per heavy atom. The average Bonchev–Trinajstić information content (AvgIpc) is 2.50. The fourth-order valence-corrected chi connectivity index (χ4v) is 1.95. The summed E-state index contributed by atoms with van der Waals surface area (Å²) in [5.74, 6) is 0. The molecular weight excluding hydrogens is 422 g/mol. The van der Waals surface area contributed by atoms with Gasteiger partial charge in [0, 0.05) is 17.1 Å². The number of hydrogen-bond acceptors (Lipinski definition) is 1. The fourth-order valence-electron chi connectivity index (χ4n) is 1.95. The van der Waals surface area contributed by atoms with Crippen LogP contribution in [0.5, 0.6) is 0 Å². The molecule has 0 bridgehead atoms. The van der Waals surface area contributed by atoms with E-state index in [-0.39, 0.29) is 0 Å². The molecule has 0 radical (unpaired) electrons. The van der Waals surface area contributed by atoms with Crippen molar-refractivity contribution in [3.05, 3.63) is 66.9 Å². The van der Waals surface area contributed by atoms with Gasteiger partial charge in [-0.15, -0.1) is 0 Å². The summed E-state index contributed by atoms with van der Waals surface area (Å²) in [4.78, 5) is 4.48. The minimum atomic E-state index is 1.05. The molecule has 0 aliphatic rings. The van der Waals surface area contributed by atoms with Crippen LogP contribution < -0.4 is 0 Å². The molecule has 1 aromatic heterocycles. The molecule has 3 rings (SSSR count). The van der Waals surface area contributed by atoms with E-state index in [2.05, 4.69) is 51.0 Å². The van der Waals surface area contributed by atoms with Crippen LogP contribution >= 0.6 is 9.58 Å². The maximum absolute atomic E-state index is 4.64. The van der Waals surface area contributed by atoms with Crippen molar-refractivity contribution >= 4 is 20.4 Å². The smallest absolute Gasteiger partial charge is 0.0780 e. The molecule has 1 heterocycles. The van der Waals surface area contributed by atoms with Gasteiger partial charge in [0.05, 0.1) is 5.69 Å². The average molecular weight is 433 g/mol. The molecule has 3 aromatic rings. The topological polar surface area (TPSA) is 12.9 Å². The van der Waals surface area contributed by atoms with Gasteiger partial charge in [0.15, 0.2) is 0 Å². The van der Waals surface area contributed by atoms with Gasteiger partial charge in [-0.1, -0.05) is 54.6 Å². The summed E-state index contributed by atoms with van der Waals surface area (Å²) in [5.41, 5.74) is 2.22. The molecule has 0 amide bonds. The van der Waals surface area contributed by atoms with E-state index >= 15 is 0 Å². The number of fused-ring (bicyclic) bond motifs is 1. The number of rotatable bonds is 1. The molecule has 0 N–H and O–H groups in total. The Morgan fingerprint density at radius 3 is 2.22 bits per heavy atom. The molecule has 0 saturated heterocycles. The second-order valence-corrected chi connectivity index (χ2v) is 3.75. The third-order valence-electron chi connectivity index (χ3n) is 2.72. The summed E-state index contributed by atoms with van der Waals surface area (Å²) in [6.07, 6.45) is 1.87. The molecule has 0 atom stereocenters. The predicted molar refractivity (Wildman–Crippen MR) is 73.0 cm³/mol. The maximum atomic E-state index is 4.64. The summed E-state index contributed by atoms with van der Waals surface area (Å²) in [6.45, 7) is 0. The van der Waals surface area contributed by atoms with Gasteiger partial charge >= 0.3 is 27.5 Å². The summed E-state index contributed by atoms with van der Waals surface area (Å²) in [5, 5.41) is 2.44. The van der Waals surface area contributed by atoms with Crippen molar-refractivity contribution in [2.45, 2.75) is 0 Å². The van der Waals surface area contributed by atoms with Crippen molar-refractivity contribution in [3.63, 3.8) is 0 Å². The monoisotopic (exact) mass is 433 g/mol. The Hall–Kier alpha value is -1.21. The zero-order chi connectivity index (χ0) is 12.8. The normalized spacial score (nSPS) is 9.72. The van der Waals surface area contributed by atoms with Crippen molar-refractivity contribution in [3.8, 4) is 11.3 Å². The van der Waals surface area contributed by atoms with Crippen molar-refractivity contribution in [1.29, 1.82) is 0 Å². The third kappa shape index (κ3) is 2.78. The SMILES string of the molecule is [Cl][Ir].c1ccc(-c2nccc3ccccc23)cc1. The van der Waals surface area contributed by atoms with Crippen LogP contribution in [0.4, 0.5) is 0 Å². The van der Waals surface area contributed by atoms with Crippen molar-refractivity contribution in [2.75, 3.05) is 0 Å². The first-order valence-corrected chi connectivity index (χ1v) is 8.44. The third-order valence-corrected chi connectivity index (χ3v) is 2.72. The standard InChI is InChI=1S/C15H11N.ClH.Ir/c1-2-7-13(8-3-1)15-14-9-5-4-6-12(14)10-11-16-15;;/h1-11H;1H;/q;;+1/p-1. The summed E-state index contributed by atoms with van der Waals surface area (Å²) in [7, 11) is 4.64. The molecule has 0 fully saturated rings. The van der Waals surface area contributed by atoms with Crippen LogP contribution in [0.15, 0.2) is 66.9 Å². The maximum Gasteiger partial charge on any atom is 0.0780 e. The van der Waals surface area contributed by atoms with E-state index in [0.717, 1.165) is 5.69 Å². The number of aromatic nitrogens is 1. The van der Waals surface area contributed by atoms with Crippen molar-refractivity contribution in [1.82, 2.24) is 4.98 Å². The van der Waals surface area contributed by atoms with Crippen molar-refractivity contribution < 1.29 is 17.9 Å². The molecule has 0 saturated carbocycles. The van der Waals surface area contributed by atoms with Gasteiger partial charge in [-0.05, 0) is 11.5 Å². The molecule has 92 valence electrons. The summed E-state index contributed by atoms with van der Waals surface area (Å²) in [6, 6.07) is 20.7. The Labute approximate surface area is 121 Å². The minimum Gasteiger partial charge on any atom is -0.256 e. The quantitative estimate of drug-likeness (QED) is 0.548. The summed E-state index contributed by atoms with van der Waals surface area (Å²) < 4.78 is 0. The second-order valence-electron chi connectivity index (χ2n) is 3.75. The molecule has 0 aliphatic heterocycles. The minimum absolute atomic E-state index is 1.05. The molecule has 2 aromatic carbocycles. The van der Waals surface area contributed by atoms with E-state index in [1.165, 1.54) is 34.2 Å². The Kier molecular flexibility index (Phi) is 4.89. The van der Waals surface area contributed by atoms with Crippen molar-refractivity contribution in [2.24, 2.45) is 0 Å². The zero-order valence-electron chi connectivity index (χ0n) is 9.51. The van der Waals surface area contributed by atoms with Crippen LogP contribution in [0, 0.1) is 0 Å². The van der Waals surface area contributed by atoms with E-state index in [9.17, 15) is 0 Å². The Morgan fingerprint density at radius 1 is 0.778 bits per heavy atom. The first kappa shape index (κ1) is 13.2. The molecule has 18 heavy (non-hydrogen) atoms. The van der Waals surface area contributed by atoms with Gasteiger partial charge in [-0.2, -0.15) is 0 Å². The van der Waals surface area contributed by atoms with E-state index in [4.69, 9.17) is 0 Å². The first-order valence-electron chi connectivity index (χ1n) is 5.47. The number of hydrogen-bond donors (Lipinski definition) is 0. The Balaban J connectivity index is 0.000000574. The predicted octanol–water partition coefficient (Wildman–Crippen LogP) is 4.59. The van der Waals surface area contributed by atoms with Gasteiger partial charge in [0.25, 0.3) is 0 Å². The van der Waals surface area contributed by atoms with Gasteiger partial charge < -0.3 is 0 Å². The fraction of sp³-hybridized carbons (Fsp3) is 0. The van der Waals surface area contributed by atoms with Crippen LogP contribution in [0.1, 0.15) is 0 Å². The number of pyridine rings is 1. The summed E-state index contributed by atoms with van der Waals surface area (Å²) >= 11 is 1.47. The number of halogens is 1. The van der Waals surface area contributed by atoms with Gasteiger partial charge in [0.2, 0.25) is 0 Å². The largest absolute Gasteiger partial charge is 0.256 e. The second kappa shape index (κ2) is 6.65. The van der Waals surface area contributed by atoms with Gasteiger partial charge in [0.1, 0.15) is 0 Å². The molecule has 0 unspecified atom stereocenters. The Bertz CT molecular complexity index is 620. The van der Waals surface area contributed by atoms with E-state index in [1.807, 2.05) is 30.5 Å². The number of nitrogens with zero attached hydrogens (tertiary/aromatic N) is 1. The van der Waals surface area contributed by atoms with Crippen LogP contribution in [-0.4, -0.2) is 4.98 Å². The van der Waals surface area contributed by atoms with Crippen LogP contribution in [-0.2, 0) is 17.9 Å².